The van der Waals surface area contributed by atoms with Crippen LogP contribution in [-0.2, 0) is 6.42 Å². The molecule has 2 aromatic rings. The number of methoxy groups -OCH3 is 1. The van der Waals surface area contributed by atoms with Gasteiger partial charge < -0.3 is 15.4 Å². The minimum atomic E-state index is 0.351. The number of nitrogens with zero attached hydrogens (tertiary/aromatic N) is 4. The molecule has 0 unspecified atom stereocenters. The van der Waals surface area contributed by atoms with Gasteiger partial charge in [0, 0.05) is 23.9 Å². The van der Waals surface area contributed by atoms with E-state index in [2.05, 4.69) is 28.8 Å². The number of hydrogen-bond donors (Lipinski definition) is 1. The van der Waals surface area contributed by atoms with Crippen LogP contribution in [0.3, 0.4) is 0 Å². The summed E-state index contributed by atoms with van der Waals surface area (Å²) in [5, 5.41) is 5.02. The highest BCUT2D eigenvalue weighted by Gasteiger charge is 2.29. The highest BCUT2D eigenvalue weighted by molar-refractivity contribution is 5.35. The molecule has 28 heavy (non-hydrogen) atoms. The number of hydrogen-bond acceptors (Lipinski definition) is 5. The molecule has 0 bridgehead atoms. The maximum atomic E-state index is 6.15. The topological polar surface area (TPSA) is 69.2 Å². The molecule has 1 aliphatic carbocycles. The molecule has 152 valence electrons. The molecule has 0 amide bonds. The Hall–Kier alpha value is -1.92. The number of piperidine rings is 1. The van der Waals surface area contributed by atoms with Crippen molar-refractivity contribution in [2.75, 3.05) is 27.2 Å². The fourth-order valence-electron chi connectivity index (χ4n) is 4.64. The summed E-state index contributed by atoms with van der Waals surface area (Å²) < 4.78 is 7.81. The molecule has 1 aromatic carbocycles. The summed E-state index contributed by atoms with van der Waals surface area (Å²) in [6.07, 6.45) is 7.43. The van der Waals surface area contributed by atoms with Gasteiger partial charge in [-0.05, 0) is 64.7 Å². The Balaban J connectivity index is 1.61. The zero-order valence-corrected chi connectivity index (χ0v) is 17.2. The van der Waals surface area contributed by atoms with Crippen molar-refractivity contribution in [2.45, 2.75) is 62.9 Å². The first-order chi connectivity index (χ1) is 13.6. The Morgan fingerprint density at radius 2 is 1.79 bits per heavy atom. The summed E-state index contributed by atoms with van der Waals surface area (Å²) >= 11 is 0. The van der Waals surface area contributed by atoms with E-state index in [0.717, 1.165) is 68.8 Å². The number of benzene rings is 1. The summed E-state index contributed by atoms with van der Waals surface area (Å²) in [6, 6.07) is 8.98. The lowest BCUT2D eigenvalue weighted by atomic mass is 9.85. The van der Waals surface area contributed by atoms with Gasteiger partial charge in [-0.1, -0.05) is 18.2 Å². The fourth-order valence-corrected chi connectivity index (χ4v) is 4.64. The minimum Gasteiger partial charge on any atom is -0.496 e. The van der Waals surface area contributed by atoms with Crippen LogP contribution in [0.25, 0.3) is 0 Å². The third-order valence-corrected chi connectivity index (χ3v) is 6.41. The van der Waals surface area contributed by atoms with Crippen molar-refractivity contribution in [3.05, 3.63) is 41.5 Å². The number of ether oxygens (including phenoxy) is 1. The van der Waals surface area contributed by atoms with Gasteiger partial charge in [-0.2, -0.15) is 5.10 Å². The molecule has 2 aliphatic rings. The molecule has 6 heteroatoms. The molecular weight excluding hydrogens is 350 g/mol. The largest absolute Gasteiger partial charge is 0.496 e. The summed E-state index contributed by atoms with van der Waals surface area (Å²) in [7, 11) is 3.92. The lowest BCUT2D eigenvalue weighted by Gasteiger charge is -2.32. The number of rotatable bonds is 5. The van der Waals surface area contributed by atoms with Gasteiger partial charge in [-0.25, -0.2) is 9.67 Å². The van der Waals surface area contributed by atoms with Gasteiger partial charge in [0.2, 0.25) is 0 Å². The molecule has 1 saturated heterocycles. The molecule has 0 spiro atoms. The van der Waals surface area contributed by atoms with E-state index in [9.17, 15) is 0 Å². The van der Waals surface area contributed by atoms with Crippen LogP contribution in [0.4, 0.5) is 0 Å². The van der Waals surface area contributed by atoms with Crippen LogP contribution in [0, 0.1) is 0 Å². The van der Waals surface area contributed by atoms with Crippen LogP contribution >= 0.6 is 0 Å². The van der Waals surface area contributed by atoms with Crippen LogP contribution in [0.1, 0.15) is 67.7 Å². The van der Waals surface area contributed by atoms with Gasteiger partial charge in [0.25, 0.3) is 0 Å². The second-order valence-corrected chi connectivity index (χ2v) is 8.47. The van der Waals surface area contributed by atoms with Gasteiger partial charge in [0.15, 0.2) is 5.82 Å². The predicted molar refractivity (Wildman–Crippen MR) is 111 cm³/mol. The van der Waals surface area contributed by atoms with E-state index in [4.69, 9.17) is 20.6 Å². The van der Waals surface area contributed by atoms with Gasteiger partial charge in [-0.3, -0.25) is 0 Å². The number of aromatic nitrogens is 3. The zero-order chi connectivity index (χ0) is 19.5. The predicted octanol–water partition coefficient (Wildman–Crippen LogP) is 3.13. The third kappa shape index (κ3) is 4.23. The Morgan fingerprint density at radius 3 is 2.50 bits per heavy atom. The Kier molecular flexibility index (Phi) is 5.97. The van der Waals surface area contributed by atoms with E-state index in [1.807, 2.05) is 12.1 Å². The minimum absolute atomic E-state index is 0.351. The van der Waals surface area contributed by atoms with Crippen molar-refractivity contribution >= 4 is 0 Å². The lowest BCUT2D eigenvalue weighted by molar-refractivity contribution is 0.205. The molecule has 6 nitrogen and oxygen atoms in total. The van der Waals surface area contributed by atoms with Crippen LogP contribution in [0.5, 0.6) is 5.75 Å². The third-order valence-electron chi connectivity index (χ3n) is 6.41. The molecule has 2 heterocycles. The van der Waals surface area contributed by atoms with Gasteiger partial charge >= 0.3 is 0 Å². The summed E-state index contributed by atoms with van der Waals surface area (Å²) in [5.74, 6) is 3.49. The second kappa shape index (κ2) is 8.62. The first kappa shape index (κ1) is 19.4. The average Bonchev–Trinajstić information content (AvgIpc) is 3.13. The van der Waals surface area contributed by atoms with Crippen molar-refractivity contribution in [3.63, 3.8) is 0 Å². The molecule has 1 aromatic heterocycles. The maximum Gasteiger partial charge on any atom is 0.155 e. The molecular formula is C22H33N5O. The van der Waals surface area contributed by atoms with Crippen LogP contribution in [0.2, 0.25) is 0 Å². The van der Waals surface area contributed by atoms with Crippen molar-refractivity contribution in [2.24, 2.45) is 5.73 Å². The normalized spacial score (nSPS) is 24.4. The van der Waals surface area contributed by atoms with E-state index in [0.29, 0.717) is 24.4 Å². The molecule has 0 radical (unpaired) electrons. The van der Waals surface area contributed by atoms with E-state index in [-0.39, 0.29) is 0 Å². The fraction of sp³-hybridized carbons (Fsp3) is 0.636. The van der Waals surface area contributed by atoms with E-state index >= 15 is 0 Å². The summed E-state index contributed by atoms with van der Waals surface area (Å²) in [5.41, 5.74) is 7.29. The quantitative estimate of drug-likeness (QED) is 0.859. The number of nitrogens with two attached hydrogens (primary N) is 1. The molecule has 2 fully saturated rings. The molecule has 0 atom stereocenters. The summed E-state index contributed by atoms with van der Waals surface area (Å²) in [6.45, 7) is 2.25. The van der Waals surface area contributed by atoms with Crippen LogP contribution < -0.4 is 10.5 Å². The smallest absolute Gasteiger partial charge is 0.155 e. The van der Waals surface area contributed by atoms with E-state index in [1.54, 1.807) is 7.11 Å². The van der Waals surface area contributed by atoms with Crippen LogP contribution in [0.15, 0.2) is 24.3 Å². The van der Waals surface area contributed by atoms with E-state index < -0.39 is 0 Å². The Bertz CT molecular complexity index is 733. The first-order valence-corrected chi connectivity index (χ1v) is 10.7. The zero-order valence-electron chi connectivity index (χ0n) is 17.2. The summed E-state index contributed by atoms with van der Waals surface area (Å²) in [4.78, 5) is 7.47. The number of para-hydroxylation sites is 1. The van der Waals surface area contributed by atoms with Crippen molar-refractivity contribution in [1.29, 1.82) is 0 Å². The van der Waals surface area contributed by atoms with E-state index in [1.165, 1.54) is 5.82 Å². The highest BCUT2D eigenvalue weighted by Crippen LogP contribution is 2.34. The highest BCUT2D eigenvalue weighted by atomic mass is 16.5. The average molecular weight is 384 g/mol. The molecule has 1 saturated carbocycles. The maximum absolute atomic E-state index is 6.15. The van der Waals surface area contributed by atoms with Gasteiger partial charge in [0.1, 0.15) is 11.6 Å². The lowest BCUT2D eigenvalue weighted by Crippen LogP contribution is -2.33. The van der Waals surface area contributed by atoms with Crippen molar-refractivity contribution in [1.82, 2.24) is 19.7 Å². The van der Waals surface area contributed by atoms with Gasteiger partial charge in [0.05, 0.1) is 13.2 Å². The standard InChI is InChI=1S/C22H33N5O/c1-26-13-11-19(12-14-26)27-22(16-7-9-18(23)10-8-16)24-21(25-27)15-17-5-3-4-6-20(17)28-2/h3-6,16,18-19H,7-15,23H2,1-2H3. The van der Waals surface area contributed by atoms with Gasteiger partial charge in [-0.15, -0.1) is 0 Å². The Labute approximate surface area is 168 Å². The molecule has 1 aliphatic heterocycles. The van der Waals surface area contributed by atoms with Crippen molar-refractivity contribution in [3.8, 4) is 5.75 Å². The Morgan fingerprint density at radius 1 is 1.07 bits per heavy atom. The van der Waals surface area contributed by atoms with Crippen LogP contribution in [-0.4, -0.2) is 53.0 Å². The second-order valence-electron chi connectivity index (χ2n) is 8.47. The molecule has 4 rings (SSSR count). The number of likely N-dealkylation sites (tertiary alicyclic amines) is 1. The van der Waals surface area contributed by atoms with Crippen molar-refractivity contribution < 1.29 is 4.74 Å². The molecule has 2 N–H and O–H groups in total. The monoisotopic (exact) mass is 383 g/mol. The SMILES string of the molecule is COc1ccccc1Cc1nc(C2CCC(N)CC2)n(C2CCN(C)CC2)n1. The first-order valence-electron chi connectivity index (χ1n) is 10.7.